The monoisotopic (exact) mass is 221 g/mol. The van der Waals surface area contributed by atoms with Crippen molar-refractivity contribution in [3.05, 3.63) is 27.9 Å². The Labute approximate surface area is 94.0 Å². The van der Waals surface area contributed by atoms with Gasteiger partial charge in [0, 0.05) is 12.1 Å². The van der Waals surface area contributed by atoms with Gasteiger partial charge in [-0.1, -0.05) is 13.8 Å². The summed E-state index contributed by atoms with van der Waals surface area (Å²) in [5.41, 5.74) is 0.839. The molecule has 0 bridgehead atoms. The van der Waals surface area contributed by atoms with Gasteiger partial charge < -0.3 is 5.32 Å². The van der Waals surface area contributed by atoms with Crippen molar-refractivity contribution in [2.24, 2.45) is 5.41 Å². The third-order valence-corrected chi connectivity index (χ3v) is 3.09. The van der Waals surface area contributed by atoms with Gasteiger partial charge in [0.15, 0.2) is 0 Å². The molecule has 5 heteroatoms. The molecule has 1 atom stereocenters. The van der Waals surface area contributed by atoms with E-state index in [0.717, 1.165) is 12.2 Å². The second-order valence-electron chi connectivity index (χ2n) is 4.95. The van der Waals surface area contributed by atoms with E-state index in [4.69, 9.17) is 0 Å². The van der Waals surface area contributed by atoms with Crippen LogP contribution in [0.1, 0.15) is 26.0 Å². The molecule has 1 unspecified atom stereocenters. The van der Waals surface area contributed by atoms with Crippen LogP contribution in [0.15, 0.2) is 12.1 Å². The summed E-state index contributed by atoms with van der Waals surface area (Å²) in [6.45, 7) is 6.02. The van der Waals surface area contributed by atoms with Crippen LogP contribution in [0, 0.1) is 22.5 Å². The fraction of sp³-hybridized carbons (Fsp3) is 0.545. The number of anilines is 1. The normalized spacial score (nSPS) is 21.6. The van der Waals surface area contributed by atoms with Gasteiger partial charge in [-0.2, -0.15) is 0 Å². The SMILES string of the molecule is Cc1nc(NC2CC2(C)C)ccc1[N+](=O)[O-]. The number of pyridine rings is 1. The molecule has 0 radical (unpaired) electrons. The van der Waals surface area contributed by atoms with Crippen LogP contribution in [0.4, 0.5) is 11.5 Å². The zero-order valence-corrected chi connectivity index (χ0v) is 9.65. The van der Waals surface area contributed by atoms with Crippen LogP contribution in [-0.4, -0.2) is 15.9 Å². The van der Waals surface area contributed by atoms with Gasteiger partial charge >= 0.3 is 0 Å². The molecule has 1 aliphatic rings. The van der Waals surface area contributed by atoms with Gasteiger partial charge in [0.2, 0.25) is 0 Å². The Kier molecular flexibility index (Phi) is 2.33. The Hall–Kier alpha value is -1.65. The maximum Gasteiger partial charge on any atom is 0.290 e. The highest BCUT2D eigenvalue weighted by Crippen LogP contribution is 2.46. The summed E-state index contributed by atoms with van der Waals surface area (Å²) in [4.78, 5) is 14.4. The van der Waals surface area contributed by atoms with Gasteiger partial charge in [-0.15, -0.1) is 0 Å². The molecule has 0 saturated heterocycles. The molecule has 2 rings (SSSR count). The van der Waals surface area contributed by atoms with Gasteiger partial charge in [-0.3, -0.25) is 10.1 Å². The summed E-state index contributed by atoms with van der Waals surface area (Å²) in [5, 5.41) is 13.9. The first-order valence-corrected chi connectivity index (χ1v) is 5.29. The van der Waals surface area contributed by atoms with Gasteiger partial charge in [-0.25, -0.2) is 4.98 Å². The lowest BCUT2D eigenvalue weighted by Crippen LogP contribution is -2.10. The molecule has 1 N–H and O–H groups in total. The first kappa shape index (κ1) is 10.9. The van der Waals surface area contributed by atoms with E-state index < -0.39 is 4.92 Å². The molecule has 1 aromatic heterocycles. The summed E-state index contributed by atoms with van der Waals surface area (Å²) in [6.07, 6.45) is 1.12. The van der Waals surface area contributed by atoms with Crippen molar-refractivity contribution in [2.45, 2.75) is 33.2 Å². The summed E-state index contributed by atoms with van der Waals surface area (Å²) in [6, 6.07) is 3.60. The minimum absolute atomic E-state index is 0.0700. The van der Waals surface area contributed by atoms with Crippen LogP contribution in [0.25, 0.3) is 0 Å². The van der Waals surface area contributed by atoms with Gasteiger partial charge in [0.25, 0.3) is 5.69 Å². The quantitative estimate of drug-likeness (QED) is 0.629. The topological polar surface area (TPSA) is 68.1 Å². The van der Waals surface area contributed by atoms with Gasteiger partial charge in [-0.05, 0) is 24.8 Å². The molecule has 5 nitrogen and oxygen atoms in total. The highest BCUT2D eigenvalue weighted by atomic mass is 16.6. The molecule has 86 valence electrons. The Morgan fingerprint density at radius 2 is 2.19 bits per heavy atom. The zero-order chi connectivity index (χ0) is 11.9. The number of aromatic nitrogens is 1. The first-order chi connectivity index (χ1) is 7.40. The van der Waals surface area contributed by atoms with Crippen molar-refractivity contribution in [3.63, 3.8) is 0 Å². The summed E-state index contributed by atoms with van der Waals surface area (Å²) < 4.78 is 0. The second kappa shape index (κ2) is 3.43. The van der Waals surface area contributed by atoms with E-state index in [9.17, 15) is 10.1 Å². The number of hydrogen-bond acceptors (Lipinski definition) is 4. The fourth-order valence-corrected chi connectivity index (χ4v) is 1.72. The summed E-state index contributed by atoms with van der Waals surface area (Å²) >= 11 is 0. The number of hydrogen-bond donors (Lipinski definition) is 1. The third kappa shape index (κ3) is 1.98. The molecule has 0 aliphatic heterocycles. The van der Waals surface area contributed by atoms with Crippen LogP contribution in [0.3, 0.4) is 0 Å². The molecule has 0 spiro atoms. The van der Waals surface area contributed by atoms with Crippen molar-refractivity contribution >= 4 is 11.5 Å². The molecule has 1 saturated carbocycles. The van der Waals surface area contributed by atoms with E-state index in [2.05, 4.69) is 24.1 Å². The molecule has 1 aromatic rings. The molecule has 1 aliphatic carbocycles. The molecule has 1 heterocycles. The number of nitrogens with zero attached hydrogens (tertiary/aromatic N) is 2. The van der Waals surface area contributed by atoms with E-state index in [-0.39, 0.29) is 5.69 Å². The molecule has 0 aromatic carbocycles. The second-order valence-corrected chi connectivity index (χ2v) is 4.95. The van der Waals surface area contributed by atoms with Crippen molar-refractivity contribution in [2.75, 3.05) is 5.32 Å². The molecular formula is C11H15N3O2. The Morgan fingerprint density at radius 1 is 1.56 bits per heavy atom. The van der Waals surface area contributed by atoms with Crippen LogP contribution in [-0.2, 0) is 0 Å². The molecular weight excluding hydrogens is 206 g/mol. The summed E-state index contributed by atoms with van der Waals surface area (Å²) in [5.74, 6) is 0.721. The maximum atomic E-state index is 10.6. The van der Waals surface area contributed by atoms with Crippen molar-refractivity contribution in [1.82, 2.24) is 4.98 Å². The van der Waals surface area contributed by atoms with E-state index >= 15 is 0 Å². The van der Waals surface area contributed by atoms with Crippen LogP contribution in [0.5, 0.6) is 0 Å². The predicted molar refractivity (Wildman–Crippen MR) is 61.4 cm³/mol. The van der Waals surface area contributed by atoms with Crippen LogP contribution < -0.4 is 5.32 Å². The summed E-state index contributed by atoms with van der Waals surface area (Å²) in [7, 11) is 0. The lowest BCUT2D eigenvalue weighted by Gasteiger charge is -2.07. The van der Waals surface area contributed by atoms with Gasteiger partial charge in [0.05, 0.1) is 4.92 Å². The number of rotatable bonds is 3. The zero-order valence-electron chi connectivity index (χ0n) is 9.65. The first-order valence-electron chi connectivity index (χ1n) is 5.29. The minimum Gasteiger partial charge on any atom is -0.367 e. The number of nitro groups is 1. The maximum absolute atomic E-state index is 10.6. The lowest BCUT2D eigenvalue weighted by molar-refractivity contribution is -0.385. The Morgan fingerprint density at radius 3 is 2.62 bits per heavy atom. The number of aryl methyl sites for hydroxylation is 1. The smallest absolute Gasteiger partial charge is 0.290 e. The van der Waals surface area contributed by atoms with E-state index in [1.54, 1.807) is 13.0 Å². The molecule has 1 fully saturated rings. The standard InChI is InChI=1S/C11H15N3O2/c1-7-8(14(15)16)4-5-10(12-7)13-9-6-11(9,2)3/h4-5,9H,6H2,1-3H3,(H,12,13). The molecule has 0 amide bonds. The predicted octanol–water partition coefficient (Wildman–Crippen LogP) is 2.51. The van der Waals surface area contributed by atoms with Crippen molar-refractivity contribution in [1.29, 1.82) is 0 Å². The average molecular weight is 221 g/mol. The van der Waals surface area contributed by atoms with Gasteiger partial charge in [0.1, 0.15) is 11.5 Å². The van der Waals surface area contributed by atoms with Crippen LogP contribution >= 0.6 is 0 Å². The highest BCUT2D eigenvalue weighted by Gasteiger charge is 2.45. The Bertz CT molecular complexity index is 443. The number of nitrogens with one attached hydrogen (secondary N) is 1. The van der Waals surface area contributed by atoms with Crippen molar-refractivity contribution in [3.8, 4) is 0 Å². The van der Waals surface area contributed by atoms with Crippen molar-refractivity contribution < 1.29 is 4.92 Å². The van der Waals surface area contributed by atoms with E-state index in [0.29, 0.717) is 17.2 Å². The van der Waals surface area contributed by atoms with Crippen LogP contribution in [0.2, 0.25) is 0 Å². The average Bonchev–Trinajstić information content (AvgIpc) is 2.72. The highest BCUT2D eigenvalue weighted by molar-refractivity contribution is 5.46. The van der Waals surface area contributed by atoms with E-state index in [1.165, 1.54) is 6.07 Å². The van der Waals surface area contributed by atoms with E-state index in [1.807, 2.05) is 0 Å². The Balaban J connectivity index is 2.13. The molecule has 16 heavy (non-hydrogen) atoms. The minimum atomic E-state index is -0.410. The lowest BCUT2D eigenvalue weighted by atomic mass is 10.2. The largest absolute Gasteiger partial charge is 0.367 e. The fourth-order valence-electron chi connectivity index (χ4n) is 1.72. The third-order valence-electron chi connectivity index (χ3n) is 3.09.